The molecule has 0 aromatic heterocycles. The molecular weight excluding hydrogens is 344 g/mol. The highest BCUT2D eigenvalue weighted by atomic mass is 15.3. The van der Waals surface area contributed by atoms with Gasteiger partial charge in [-0.05, 0) is 66.3 Å². The van der Waals surface area contributed by atoms with Gasteiger partial charge in [0.05, 0.1) is 11.8 Å². The van der Waals surface area contributed by atoms with Crippen LogP contribution in [0.1, 0.15) is 36.4 Å². The second kappa shape index (κ2) is 7.70. The standard InChI is InChI=1S/C24H30N4/c1-27(2)20-12-8-17(9-13-20)16-19-6-5-7-22-23(25-26-24(19)22)18-10-14-21(15-11-18)28(3)4/h8-16,22-23,25H,5-7H2,1-4H3. The van der Waals surface area contributed by atoms with Crippen molar-refractivity contribution < 1.29 is 0 Å². The predicted molar refractivity (Wildman–Crippen MR) is 120 cm³/mol. The van der Waals surface area contributed by atoms with Gasteiger partial charge in [0.1, 0.15) is 0 Å². The minimum Gasteiger partial charge on any atom is -0.378 e. The highest BCUT2D eigenvalue weighted by Gasteiger charge is 2.36. The molecule has 2 aromatic carbocycles. The Balaban J connectivity index is 1.54. The first-order chi connectivity index (χ1) is 13.5. The molecule has 1 saturated carbocycles. The molecule has 0 spiro atoms. The summed E-state index contributed by atoms with van der Waals surface area (Å²) in [4.78, 5) is 4.27. The van der Waals surface area contributed by atoms with Crippen molar-refractivity contribution >= 4 is 23.2 Å². The van der Waals surface area contributed by atoms with Gasteiger partial charge in [0.15, 0.2) is 0 Å². The number of nitrogens with one attached hydrogen (secondary N) is 1. The molecule has 146 valence electrons. The van der Waals surface area contributed by atoms with Crippen molar-refractivity contribution in [1.82, 2.24) is 5.43 Å². The summed E-state index contributed by atoms with van der Waals surface area (Å²) < 4.78 is 0. The number of hydrazone groups is 1. The van der Waals surface area contributed by atoms with Crippen LogP contribution in [-0.4, -0.2) is 33.9 Å². The zero-order chi connectivity index (χ0) is 19.7. The molecule has 1 aliphatic carbocycles. The lowest BCUT2D eigenvalue weighted by atomic mass is 9.78. The Morgan fingerprint density at radius 3 is 2.11 bits per heavy atom. The number of allylic oxidation sites excluding steroid dienone is 1. The summed E-state index contributed by atoms with van der Waals surface area (Å²) in [6.45, 7) is 0. The van der Waals surface area contributed by atoms with Crippen LogP contribution in [0, 0.1) is 5.92 Å². The maximum absolute atomic E-state index is 4.78. The van der Waals surface area contributed by atoms with E-state index in [1.165, 1.54) is 46.6 Å². The molecule has 28 heavy (non-hydrogen) atoms. The van der Waals surface area contributed by atoms with Gasteiger partial charge in [-0.3, -0.25) is 0 Å². The third-order valence-electron chi connectivity index (χ3n) is 5.89. The Hall–Kier alpha value is -2.75. The van der Waals surface area contributed by atoms with E-state index in [0.29, 0.717) is 5.92 Å². The fourth-order valence-corrected chi connectivity index (χ4v) is 4.23. The number of rotatable bonds is 4. The molecule has 1 aliphatic heterocycles. The van der Waals surface area contributed by atoms with Gasteiger partial charge < -0.3 is 15.2 Å². The molecule has 2 aromatic rings. The van der Waals surface area contributed by atoms with Crippen LogP contribution in [-0.2, 0) is 0 Å². The average molecular weight is 375 g/mol. The molecule has 4 nitrogen and oxygen atoms in total. The minimum absolute atomic E-state index is 0.283. The first-order valence-corrected chi connectivity index (χ1v) is 10.1. The van der Waals surface area contributed by atoms with Crippen LogP contribution in [0.2, 0.25) is 0 Å². The third-order valence-corrected chi connectivity index (χ3v) is 5.89. The predicted octanol–water partition coefficient (Wildman–Crippen LogP) is 4.70. The van der Waals surface area contributed by atoms with Crippen molar-refractivity contribution in [2.45, 2.75) is 25.3 Å². The lowest BCUT2D eigenvalue weighted by Gasteiger charge is -2.26. The van der Waals surface area contributed by atoms with Gasteiger partial charge in [-0.25, -0.2) is 0 Å². The molecule has 2 atom stereocenters. The summed E-state index contributed by atoms with van der Waals surface area (Å²) in [7, 11) is 8.30. The molecule has 1 heterocycles. The van der Waals surface area contributed by atoms with Crippen LogP contribution in [0.15, 0.2) is 59.2 Å². The zero-order valence-electron chi connectivity index (χ0n) is 17.3. The second-order valence-electron chi connectivity index (χ2n) is 8.24. The molecule has 4 heteroatoms. The SMILES string of the molecule is CN(C)c1ccc(C=C2CCCC3C2=NNC3c2ccc(N(C)C)cc2)cc1. The topological polar surface area (TPSA) is 30.9 Å². The van der Waals surface area contributed by atoms with Crippen LogP contribution in [0.25, 0.3) is 6.08 Å². The largest absolute Gasteiger partial charge is 0.378 e. The molecule has 4 rings (SSSR count). The van der Waals surface area contributed by atoms with E-state index in [0.717, 1.165) is 6.42 Å². The van der Waals surface area contributed by atoms with Crippen molar-refractivity contribution in [3.63, 3.8) is 0 Å². The lowest BCUT2D eigenvalue weighted by molar-refractivity contribution is 0.451. The van der Waals surface area contributed by atoms with Crippen LogP contribution < -0.4 is 15.2 Å². The number of hydrogen-bond acceptors (Lipinski definition) is 4. The van der Waals surface area contributed by atoms with Gasteiger partial charge >= 0.3 is 0 Å². The number of fused-ring (bicyclic) bond motifs is 1. The van der Waals surface area contributed by atoms with E-state index in [1.807, 2.05) is 0 Å². The summed E-state index contributed by atoms with van der Waals surface area (Å²) in [5.41, 5.74) is 11.1. The minimum atomic E-state index is 0.283. The fraction of sp³-hybridized carbons (Fsp3) is 0.375. The molecule has 1 N–H and O–H groups in total. The Kier molecular flexibility index (Phi) is 5.12. The van der Waals surface area contributed by atoms with Crippen LogP contribution in [0.4, 0.5) is 11.4 Å². The molecule has 0 amide bonds. The maximum atomic E-state index is 4.78. The third kappa shape index (κ3) is 3.64. The summed E-state index contributed by atoms with van der Waals surface area (Å²) in [6.07, 6.45) is 5.85. The van der Waals surface area contributed by atoms with Gasteiger partial charge in [-0.15, -0.1) is 0 Å². The molecule has 2 unspecified atom stereocenters. The number of benzene rings is 2. The second-order valence-corrected chi connectivity index (χ2v) is 8.24. The molecule has 1 fully saturated rings. The van der Waals surface area contributed by atoms with Crippen molar-refractivity contribution in [1.29, 1.82) is 0 Å². The Labute approximate surface area is 168 Å². The van der Waals surface area contributed by atoms with Crippen molar-refractivity contribution in [2.75, 3.05) is 38.0 Å². The van der Waals surface area contributed by atoms with E-state index < -0.39 is 0 Å². The molecule has 2 aliphatic rings. The lowest BCUT2D eigenvalue weighted by Crippen LogP contribution is -2.25. The van der Waals surface area contributed by atoms with Gasteiger partial charge in [0, 0.05) is 45.5 Å². The van der Waals surface area contributed by atoms with E-state index in [2.05, 4.69) is 98.0 Å². The number of hydrogen-bond donors (Lipinski definition) is 1. The van der Waals surface area contributed by atoms with E-state index >= 15 is 0 Å². The highest BCUT2D eigenvalue weighted by Crippen LogP contribution is 2.39. The molecule has 0 bridgehead atoms. The molecule has 0 radical (unpaired) electrons. The smallest absolute Gasteiger partial charge is 0.0774 e. The van der Waals surface area contributed by atoms with E-state index in [9.17, 15) is 0 Å². The number of anilines is 2. The Morgan fingerprint density at radius 1 is 0.893 bits per heavy atom. The van der Waals surface area contributed by atoms with Gasteiger partial charge in [-0.1, -0.05) is 24.3 Å². The quantitative estimate of drug-likeness (QED) is 0.841. The summed E-state index contributed by atoms with van der Waals surface area (Å²) in [5.74, 6) is 0.464. The van der Waals surface area contributed by atoms with Gasteiger partial charge in [0.2, 0.25) is 0 Å². The van der Waals surface area contributed by atoms with Crippen molar-refractivity contribution in [2.24, 2.45) is 11.0 Å². The van der Waals surface area contributed by atoms with Crippen molar-refractivity contribution in [3.8, 4) is 0 Å². The first kappa shape index (κ1) is 18.6. The monoisotopic (exact) mass is 374 g/mol. The van der Waals surface area contributed by atoms with Gasteiger partial charge in [0.25, 0.3) is 0 Å². The highest BCUT2D eigenvalue weighted by molar-refractivity contribution is 6.07. The van der Waals surface area contributed by atoms with Gasteiger partial charge in [-0.2, -0.15) is 5.10 Å². The zero-order valence-corrected chi connectivity index (χ0v) is 17.3. The van der Waals surface area contributed by atoms with E-state index in [4.69, 9.17) is 5.10 Å². The van der Waals surface area contributed by atoms with Crippen molar-refractivity contribution in [3.05, 3.63) is 65.2 Å². The van der Waals surface area contributed by atoms with Crippen LogP contribution >= 0.6 is 0 Å². The summed E-state index contributed by atoms with van der Waals surface area (Å²) >= 11 is 0. The molecular formula is C24H30N4. The Bertz CT molecular complexity index is 876. The fourth-order valence-electron chi connectivity index (χ4n) is 4.23. The summed E-state index contributed by atoms with van der Waals surface area (Å²) in [5, 5.41) is 4.78. The van der Waals surface area contributed by atoms with E-state index in [1.54, 1.807) is 0 Å². The average Bonchev–Trinajstić information content (AvgIpc) is 3.13. The number of nitrogens with zero attached hydrogens (tertiary/aromatic N) is 3. The van der Waals surface area contributed by atoms with Crippen LogP contribution in [0.5, 0.6) is 0 Å². The van der Waals surface area contributed by atoms with E-state index in [-0.39, 0.29) is 6.04 Å². The first-order valence-electron chi connectivity index (χ1n) is 10.1. The maximum Gasteiger partial charge on any atom is 0.0774 e. The van der Waals surface area contributed by atoms with Crippen LogP contribution in [0.3, 0.4) is 0 Å². The Morgan fingerprint density at radius 2 is 1.50 bits per heavy atom. The molecule has 0 saturated heterocycles. The summed E-state index contributed by atoms with van der Waals surface area (Å²) in [6, 6.07) is 17.9. The normalized spacial score (nSPS) is 22.4.